The first-order valence-electron chi connectivity index (χ1n) is 6.05. The third-order valence-corrected chi connectivity index (χ3v) is 4.16. The molecule has 2 heterocycles. The molecule has 0 radical (unpaired) electrons. The molecule has 1 fully saturated rings. The van der Waals surface area contributed by atoms with Crippen molar-refractivity contribution in [3.63, 3.8) is 0 Å². The van der Waals surface area contributed by atoms with Crippen molar-refractivity contribution < 1.29 is 4.74 Å². The van der Waals surface area contributed by atoms with E-state index in [2.05, 4.69) is 51.7 Å². The average molecular weight is 347 g/mol. The van der Waals surface area contributed by atoms with Gasteiger partial charge >= 0.3 is 0 Å². The molecule has 1 saturated heterocycles. The Morgan fingerprint density at radius 3 is 2.71 bits per heavy atom. The number of nitrogens with one attached hydrogen (secondary N) is 1. The number of halogens is 1. The summed E-state index contributed by atoms with van der Waals surface area (Å²) in [5.41, 5.74) is 1.10. The molecule has 1 N–H and O–H groups in total. The van der Waals surface area contributed by atoms with Crippen molar-refractivity contribution in [3.05, 3.63) is 15.1 Å². The predicted molar refractivity (Wildman–Crippen MR) is 76.2 cm³/mol. The van der Waals surface area contributed by atoms with Crippen LogP contribution in [-0.2, 0) is 11.2 Å². The van der Waals surface area contributed by atoms with E-state index in [1.807, 2.05) is 7.05 Å². The van der Waals surface area contributed by atoms with Gasteiger partial charge in [-0.3, -0.25) is 0 Å². The van der Waals surface area contributed by atoms with Crippen LogP contribution in [0, 0.1) is 3.57 Å². The Hall–Kier alpha value is -0.430. The van der Waals surface area contributed by atoms with Gasteiger partial charge in [-0.25, -0.2) is 9.97 Å². The molecule has 2 unspecified atom stereocenters. The minimum Gasteiger partial charge on any atom is -0.372 e. The van der Waals surface area contributed by atoms with Crippen molar-refractivity contribution in [1.82, 2.24) is 9.97 Å². The zero-order valence-electron chi connectivity index (χ0n) is 10.5. The van der Waals surface area contributed by atoms with Crippen LogP contribution in [0.15, 0.2) is 0 Å². The molecule has 1 aromatic heterocycles. The van der Waals surface area contributed by atoms with Gasteiger partial charge in [0.1, 0.15) is 11.9 Å². The lowest BCUT2D eigenvalue weighted by atomic mass is 10.2. The quantitative estimate of drug-likeness (QED) is 0.855. The summed E-state index contributed by atoms with van der Waals surface area (Å²) in [4.78, 5) is 9.19. The molecule has 0 amide bonds. The SMILES string of the molecule is CCc1nc(C2CCC(C)O2)nc(NC)c1I. The Kier molecular flexibility index (Phi) is 4.19. The highest BCUT2D eigenvalue weighted by molar-refractivity contribution is 14.1. The average Bonchev–Trinajstić information content (AvgIpc) is 2.76. The van der Waals surface area contributed by atoms with Gasteiger partial charge in [-0.2, -0.15) is 0 Å². The van der Waals surface area contributed by atoms with E-state index in [0.717, 1.165) is 40.2 Å². The van der Waals surface area contributed by atoms with E-state index in [-0.39, 0.29) is 6.10 Å². The molecule has 0 bridgehead atoms. The second-order valence-electron chi connectivity index (χ2n) is 4.31. The Bertz CT molecular complexity index is 386. The van der Waals surface area contributed by atoms with Crippen molar-refractivity contribution in [2.75, 3.05) is 12.4 Å². The molecular weight excluding hydrogens is 329 g/mol. The summed E-state index contributed by atoms with van der Waals surface area (Å²) >= 11 is 2.30. The van der Waals surface area contributed by atoms with Gasteiger partial charge in [0, 0.05) is 7.05 Å². The van der Waals surface area contributed by atoms with Crippen molar-refractivity contribution in [2.24, 2.45) is 0 Å². The van der Waals surface area contributed by atoms with Crippen LogP contribution < -0.4 is 5.32 Å². The summed E-state index contributed by atoms with van der Waals surface area (Å²) in [6, 6.07) is 0. The van der Waals surface area contributed by atoms with Gasteiger partial charge in [-0.15, -0.1) is 0 Å². The smallest absolute Gasteiger partial charge is 0.159 e. The molecule has 0 spiro atoms. The summed E-state index contributed by atoms with van der Waals surface area (Å²) in [6.07, 6.45) is 3.43. The molecule has 4 nitrogen and oxygen atoms in total. The number of ether oxygens (including phenoxy) is 1. The van der Waals surface area contributed by atoms with E-state index >= 15 is 0 Å². The molecule has 0 aliphatic carbocycles. The molecule has 2 atom stereocenters. The lowest BCUT2D eigenvalue weighted by molar-refractivity contribution is 0.0502. The zero-order chi connectivity index (χ0) is 12.4. The number of hydrogen-bond donors (Lipinski definition) is 1. The Labute approximate surface area is 116 Å². The standard InChI is InChI=1S/C12H18IN3O/c1-4-8-10(13)12(14-3)16-11(15-8)9-6-5-7(2)17-9/h7,9H,4-6H2,1-3H3,(H,14,15,16). The molecule has 0 saturated carbocycles. The summed E-state index contributed by atoms with van der Waals surface area (Å²) in [5.74, 6) is 1.74. The van der Waals surface area contributed by atoms with Crippen LogP contribution in [0.3, 0.4) is 0 Å². The fraction of sp³-hybridized carbons (Fsp3) is 0.667. The van der Waals surface area contributed by atoms with Crippen LogP contribution >= 0.6 is 22.6 Å². The van der Waals surface area contributed by atoms with Crippen molar-refractivity contribution >= 4 is 28.4 Å². The largest absolute Gasteiger partial charge is 0.372 e. The number of hydrogen-bond acceptors (Lipinski definition) is 4. The van der Waals surface area contributed by atoms with E-state index in [4.69, 9.17) is 4.74 Å². The van der Waals surface area contributed by atoms with Crippen LogP contribution in [0.1, 0.15) is 44.3 Å². The molecule has 5 heteroatoms. The minimum absolute atomic E-state index is 0.0689. The summed E-state index contributed by atoms with van der Waals surface area (Å²) < 4.78 is 6.94. The monoisotopic (exact) mass is 347 g/mol. The summed E-state index contributed by atoms with van der Waals surface area (Å²) in [7, 11) is 1.89. The molecule has 0 aromatic carbocycles. The van der Waals surface area contributed by atoms with Crippen LogP contribution in [0.4, 0.5) is 5.82 Å². The van der Waals surface area contributed by atoms with E-state index < -0.39 is 0 Å². The highest BCUT2D eigenvalue weighted by Crippen LogP contribution is 2.32. The second kappa shape index (κ2) is 5.48. The van der Waals surface area contributed by atoms with E-state index in [0.29, 0.717) is 6.10 Å². The number of aryl methyl sites for hydroxylation is 1. The third-order valence-electron chi connectivity index (χ3n) is 3.03. The summed E-state index contributed by atoms with van der Waals surface area (Å²) in [6.45, 7) is 4.22. The minimum atomic E-state index is 0.0689. The normalized spacial score (nSPS) is 24.0. The number of nitrogens with zero attached hydrogens (tertiary/aromatic N) is 2. The van der Waals surface area contributed by atoms with E-state index in [1.165, 1.54) is 0 Å². The Morgan fingerprint density at radius 1 is 1.41 bits per heavy atom. The third kappa shape index (κ3) is 2.70. The van der Waals surface area contributed by atoms with Crippen LogP contribution in [0.2, 0.25) is 0 Å². The van der Waals surface area contributed by atoms with Gasteiger partial charge in [0.25, 0.3) is 0 Å². The van der Waals surface area contributed by atoms with Crippen LogP contribution in [0.25, 0.3) is 0 Å². The highest BCUT2D eigenvalue weighted by atomic mass is 127. The molecule has 17 heavy (non-hydrogen) atoms. The predicted octanol–water partition coefficient (Wildman–Crippen LogP) is 2.93. The van der Waals surface area contributed by atoms with Gasteiger partial charge in [0.15, 0.2) is 5.82 Å². The summed E-state index contributed by atoms with van der Waals surface area (Å²) in [5, 5.41) is 3.13. The van der Waals surface area contributed by atoms with Gasteiger partial charge in [-0.05, 0) is 48.8 Å². The van der Waals surface area contributed by atoms with Crippen molar-refractivity contribution in [2.45, 2.75) is 45.3 Å². The van der Waals surface area contributed by atoms with Gasteiger partial charge in [0.2, 0.25) is 0 Å². The van der Waals surface area contributed by atoms with Crippen molar-refractivity contribution in [3.8, 4) is 0 Å². The Balaban J connectivity index is 2.34. The molecule has 2 rings (SSSR count). The molecule has 94 valence electrons. The molecule has 1 aliphatic rings. The maximum absolute atomic E-state index is 5.83. The first-order valence-corrected chi connectivity index (χ1v) is 7.13. The fourth-order valence-electron chi connectivity index (χ4n) is 2.05. The first kappa shape index (κ1) is 13.0. The lowest BCUT2D eigenvalue weighted by Crippen LogP contribution is -2.11. The fourth-order valence-corrected chi connectivity index (χ4v) is 2.94. The number of rotatable bonds is 3. The molecular formula is C12H18IN3O. The van der Waals surface area contributed by atoms with Gasteiger partial charge in [0.05, 0.1) is 15.4 Å². The Morgan fingerprint density at radius 2 is 2.18 bits per heavy atom. The topological polar surface area (TPSA) is 47.0 Å². The van der Waals surface area contributed by atoms with E-state index in [1.54, 1.807) is 0 Å². The van der Waals surface area contributed by atoms with Crippen LogP contribution in [-0.4, -0.2) is 23.1 Å². The highest BCUT2D eigenvalue weighted by Gasteiger charge is 2.26. The first-order chi connectivity index (χ1) is 8.15. The number of aromatic nitrogens is 2. The molecule has 1 aromatic rings. The molecule has 1 aliphatic heterocycles. The second-order valence-corrected chi connectivity index (χ2v) is 5.39. The van der Waals surface area contributed by atoms with Gasteiger partial charge in [-0.1, -0.05) is 6.92 Å². The van der Waals surface area contributed by atoms with E-state index in [9.17, 15) is 0 Å². The maximum atomic E-state index is 5.83. The van der Waals surface area contributed by atoms with Crippen molar-refractivity contribution in [1.29, 1.82) is 0 Å². The van der Waals surface area contributed by atoms with Crippen LogP contribution in [0.5, 0.6) is 0 Å². The van der Waals surface area contributed by atoms with Gasteiger partial charge < -0.3 is 10.1 Å². The lowest BCUT2D eigenvalue weighted by Gasteiger charge is -2.14. The zero-order valence-corrected chi connectivity index (χ0v) is 12.6. The maximum Gasteiger partial charge on any atom is 0.159 e. The number of anilines is 1.